The zero-order chi connectivity index (χ0) is 18.2. The van der Waals surface area contributed by atoms with Crippen molar-refractivity contribution in [1.82, 2.24) is 15.3 Å². The molecule has 1 amide bonds. The molecule has 2 heterocycles. The Morgan fingerprint density at radius 1 is 1.35 bits per heavy atom. The zero-order valence-electron chi connectivity index (χ0n) is 14.9. The highest BCUT2D eigenvalue weighted by atomic mass is 16.5. The largest absolute Gasteiger partial charge is 0.497 e. The summed E-state index contributed by atoms with van der Waals surface area (Å²) in [6.07, 6.45) is 6.18. The number of nitrogens with one attached hydrogen (secondary N) is 2. The summed E-state index contributed by atoms with van der Waals surface area (Å²) in [4.78, 5) is 20.6. The Morgan fingerprint density at radius 3 is 3.00 bits per heavy atom. The van der Waals surface area contributed by atoms with Gasteiger partial charge in [-0.3, -0.25) is 4.79 Å². The molecule has 2 N–H and O–H groups in total. The van der Waals surface area contributed by atoms with Crippen LogP contribution in [0, 0.1) is 0 Å². The van der Waals surface area contributed by atoms with Crippen LogP contribution in [0.3, 0.4) is 0 Å². The molecule has 0 saturated carbocycles. The lowest BCUT2D eigenvalue weighted by atomic mass is 10.1. The number of ether oxygens (including phenoxy) is 2. The number of benzene rings is 1. The minimum atomic E-state index is -0.230. The normalized spacial score (nSPS) is 16.3. The first-order valence-corrected chi connectivity index (χ1v) is 8.83. The van der Waals surface area contributed by atoms with Gasteiger partial charge in [0.05, 0.1) is 25.6 Å². The molecule has 1 saturated heterocycles. The van der Waals surface area contributed by atoms with Crippen molar-refractivity contribution in [3.63, 3.8) is 0 Å². The molecule has 1 atom stereocenters. The lowest BCUT2D eigenvalue weighted by Crippen LogP contribution is -2.27. The fourth-order valence-electron chi connectivity index (χ4n) is 2.80. The van der Waals surface area contributed by atoms with Crippen molar-refractivity contribution in [2.75, 3.05) is 32.1 Å². The maximum absolute atomic E-state index is 12.2. The Kier molecular flexibility index (Phi) is 6.38. The fourth-order valence-corrected chi connectivity index (χ4v) is 2.80. The second-order valence-electron chi connectivity index (χ2n) is 6.16. The summed E-state index contributed by atoms with van der Waals surface area (Å²) >= 11 is 0. The van der Waals surface area contributed by atoms with Crippen LogP contribution in [0.2, 0.25) is 0 Å². The van der Waals surface area contributed by atoms with Gasteiger partial charge in [0, 0.05) is 19.7 Å². The Balaban J connectivity index is 1.43. The number of anilines is 1. The molecule has 1 fully saturated rings. The number of carbonyl (C=O) groups is 1. The molecule has 0 radical (unpaired) electrons. The van der Waals surface area contributed by atoms with E-state index < -0.39 is 0 Å². The molecule has 0 bridgehead atoms. The smallest absolute Gasteiger partial charge is 0.271 e. The molecule has 0 spiro atoms. The van der Waals surface area contributed by atoms with Gasteiger partial charge in [0.15, 0.2) is 0 Å². The van der Waals surface area contributed by atoms with Crippen molar-refractivity contribution in [2.45, 2.75) is 25.4 Å². The summed E-state index contributed by atoms with van der Waals surface area (Å²) in [5.74, 6) is 1.23. The summed E-state index contributed by atoms with van der Waals surface area (Å²) in [5, 5.41) is 6.04. The molecular weight excluding hydrogens is 332 g/mol. The van der Waals surface area contributed by atoms with Crippen LogP contribution in [0.25, 0.3) is 0 Å². The van der Waals surface area contributed by atoms with Gasteiger partial charge < -0.3 is 20.1 Å². The summed E-state index contributed by atoms with van der Waals surface area (Å²) in [6, 6.07) is 7.79. The monoisotopic (exact) mass is 356 g/mol. The molecule has 2 aromatic rings. The summed E-state index contributed by atoms with van der Waals surface area (Å²) in [7, 11) is 1.64. The number of carbonyl (C=O) groups excluding carboxylic acids is 1. The maximum Gasteiger partial charge on any atom is 0.271 e. The van der Waals surface area contributed by atoms with E-state index in [1.165, 1.54) is 6.20 Å². The average molecular weight is 356 g/mol. The Bertz CT molecular complexity index is 715. The van der Waals surface area contributed by atoms with Crippen molar-refractivity contribution in [3.05, 3.63) is 47.9 Å². The molecule has 26 heavy (non-hydrogen) atoms. The predicted octanol–water partition coefficient (Wildman–Crippen LogP) is 2.05. The van der Waals surface area contributed by atoms with E-state index in [0.29, 0.717) is 24.6 Å². The highest BCUT2D eigenvalue weighted by molar-refractivity contribution is 5.91. The van der Waals surface area contributed by atoms with Crippen LogP contribution in [0.4, 0.5) is 5.82 Å². The molecule has 138 valence electrons. The average Bonchev–Trinajstić information content (AvgIpc) is 3.20. The van der Waals surface area contributed by atoms with Crippen LogP contribution in [-0.4, -0.2) is 48.8 Å². The van der Waals surface area contributed by atoms with Gasteiger partial charge in [0.1, 0.15) is 17.3 Å². The molecule has 1 aliphatic heterocycles. The van der Waals surface area contributed by atoms with Crippen LogP contribution >= 0.6 is 0 Å². The van der Waals surface area contributed by atoms with Crippen LogP contribution < -0.4 is 15.4 Å². The van der Waals surface area contributed by atoms with Crippen molar-refractivity contribution in [1.29, 1.82) is 0 Å². The van der Waals surface area contributed by atoms with Gasteiger partial charge in [-0.1, -0.05) is 12.1 Å². The number of methoxy groups -OCH3 is 1. The predicted molar refractivity (Wildman–Crippen MR) is 98.5 cm³/mol. The van der Waals surface area contributed by atoms with Gasteiger partial charge in [-0.2, -0.15) is 0 Å². The molecule has 1 aromatic heterocycles. The number of nitrogens with zero attached hydrogens (tertiary/aromatic N) is 2. The molecule has 1 aromatic carbocycles. The second-order valence-corrected chi connectivity index (χ2v) is 6.16. The molecular formula is C19H24N4O3. The van der Waals surface area contributed by atoms with Gasteiger partial charge in [0.25, 0.3) is 5.91 Å². The van der Waals surface area contributed by atoms with Crippen molar-refractivity contribution in [3.8, 4) is 5.75 Å². The number of hydrogen-bond acceptors (Lipinski definition) is 6. The van der Waals surface area contributed by atoms with E-state index in [1.807, 2.05) is 24.3 Å². The van der Waals surface area contributed by atoms with Gasteiger partial charge >= 0.3 is 0 Å². The second kappa shape index (κ2) is 9.15. The Labute approximate surface area is 153 Å². The number of amides is 1. The molecule has 7 nitrogen and oxygen atoms in total. The van der Waals surface area contributed by atoms with E-state index in [0.717, 1.165) is 37.2 Å². The van der Waals surface area contributed by atoms with E-state index >= 15 is 0 Å². The summed E-state index contributed by atoms with van der Waals surface area (Å²) in [6.45, 7) is 2.06. The standard InChI is InChI=1S/C19H24N4O3/c1-25-15-5-2-4-14(10-15)7-8-20-19(24)17-12-23-18(13-21-17)22-11-16-6-3-9-26-16/h2,4-5,10,12-13,16H,3,6-9,11H2,1H3,(H,20,24)(H,22,23). The maximum atomic E-state index is 12.2. The number of aromatic nitrogens is 2. The SMILES string of the molecule is COc1cccc(CCNC(=O)c2cnc(NCC3CCCO3)cn2)c1. The quantitative estimate of drug-likeness (QED) is 0.753. The third-order valence-corrected chi connectivity index (χ3v) is 4.25. The molecule has 7 heteroatoms. The Morgan fingerprint density at radius 2 is 2.27 bits per heavy atom. The van der Waals surface area contributed by atoms with Crippen LogP contribution in [0.15, 0.2) is 36.7 Å². The molecule has 1 unspecified atom stereocenters. The van der Waals surface area contributed by atoms with E-state index in [9.17, 15) is 4.79 Å². The van der Waals surface area contributed by atoms with Crippen molar-refractivity contribution < 1.29 is 14.3 Å². The highest BCUT2D eigenvalue weighted by Gasteiger charge is 2.15. The molecule has 0 aliphatic carbocycles. The van der Waals surface area contributed by atoms with Gasteiger partial charge in [-0.25, -0.2) is 9.97 Å². The van der Waals surface area contributed by atoms with Crippen LogP contribution in [0.1, 0.15) is 28.9 Å². The zero-order valence-corrected chi connectivity index (χ0v) is 14.9. The van der Waals surface area contributed by atoms with Gasteiger partial charge in [-0.15, -0.1) is 0 Å². The summed E-state index contributed by atoms with van der Waals surface area (Å²) in [5.41, 5.74) is 1.41. The first kappa shape index (κ1) is 18.1. The third-order valence-electron chi connectivity index (χ3n) is 4.25. The van der Waals surface area contributed by atoms with E-state index in [4.69, 9.17) is 9.47 Å². The highest BCUT2D eigenvalue weighted by Crippen LogP contribution is 2.13. The van der Waals surface area contributed by atoms with Crippen LogP contribution in [0.5, 0.6) is 5.75 Å². The first-order valence-electron chi connectivity index (χ1n) is 8.83. The topological polar surface area (TPSA) is 85.4 Å². The van der Waals surface area contributed by atoms with E-state index in [-0.39, 0.29) is 12.0 Å². The fraction of sp³-hybridized carbons (Fsp3) is 0.421. The van der Waals surface area contributed by atoms with Gasteiger partial charge in [0.2, 0.25) is 0 Å². The van der Waals surface area contributed by atoms with Crippen molar-refractivity contribution >= 4 is 11.7 Å². The Hall–Kier alpha value is -2.67. The van der Waals surface area contributed by atoms with Crippen molar-refractivity contribution in [2.24, 2.45) is 0 Å². The lowest BCUT2D eigenvalue weighted by Gasteiger charge is -2.11. The van der Waals surface area contributed by atoms with Crippen LogP contribution in [-0.2, 0) is 11.2 Å². The number of rotatable bonds is 8. The minimum absolute atomic E-state index is 0.230. The molecule has 1 aliphatic rings. The number of hydrogen-bond donors (Lipinski definition) is 2. The molecule has 3 rings (SSSR count). The third kappa shape index (κ3) is 5.16. The first-order chi connectivity index (χ1) is 12.7. The van der Waals surface area contributed by atoms with Gasteiger partial charge in [-0.05, 0) is 37.0 Å². The van der Waals surface area contributed by atoms with E-state index in [2.05, 4.69) is 20.6 Å². The summed E-state index contributed by atoms with van der Waals surface area (Å²) < 4.78 is 10.7. The lowest BCUT2D eigenvalue weighted by molar-refractivity contribution is 0.0948. The minimum Gasteiger partial charge on any atom is -0.497 e. The van der Waals surface area contributed by atoms with E-state index in [1.54, 1.807) is 13.3 Å².